The molecule has 0 radical (unpaired) electrons. The van der Waals surface area contributed by atoms with E-state index in [1.165, 1.54) is 27.8 Å². The highest BCUT2D eigenvalue weighted by Gasteiger charge is 2.18. The number of aryl methyl sites for hydroxylation is 1. The smallest absolute Gasteiger partial charge is 0.115 e. The van der Waals surface area contributed by atoms with E-state index in [4.69, 9.17) is 0 Å². The van der Waals surface area contributed by atoms with Crippen LogP contribution in [-0.2, 0) is 6.42 Å². The molecule has 0 heterocycles. The van der Waals surface area contributed by atoms with Crippen LogP contribution in [0.5, 0.6) is 5.75 Å². The third kappa shape index (κ3) is 1.23. The van der Waals surface area contributed by atoms with Gasteiger partial charge in [-0.3, -0.25) is 0 Å². The van der Waals surface area contributed by atoms with Gasteiger partial charge in [0, 0.05) is 0 Å². The van der Waals surface area contributed by atoms with Crippen molar-refractivity contribution in [3.63, 3.8) is 0 Å². The quantitative estimate of drug-likeness (QED) is 0.585. The summed E-state index contributed by atoms with van der Waals surface area (Å²) in [6, 6.07) is 12.2. The Balaban J connectivity index is 2.26. The second kappa shape index (κ2) is 2.86. The van der Waals surface area contributed by atoms with Gasteiger partial charge in [-0.15, -0.1) is 0 Å². The zero-order valence-electron chi connectivity index (χ0n) is 8.62. The van der Waals surface area contributed by atoms with Crippen molar-refractivity contribution in [3.8, 4) is 16.9 Å². The van der Waals surface area contributed by atoms with Gasteiger partial charge in [-0.1, -0.05) is 29.8 Å². The Hall–Kier alpha value is -1.76. The molecule has 0 fully saturated rings. The molecule has 1 aliphatic carbocycles. The van der Waals surface area contributed by atoms with Gasteiger partial charge < -0.3 is 5.11 Å². The highest BCUT2D eigenvalue weighted by molar-refractivity contribution is 5.77. The van der Waals surface area contributed by atoms with Crippen LogP contribution in [0.25, 0.3) is 11.1 Å². The summed E-state index contributed by atoms with van der Waals surface area (Å²) in [7, 11) is 0. The van der Waals surface area contributed by atoms with Crippen LogP contribution in [0.4, 0.5) is 0 Å². The van der Waals surface area contributed by atoms with Gasteiger partial charge >= 0.3 is 0 Å². The fourth-order valence-corrected chi connectivity index (χ4v) is 2.29. The van der Waals surface area contributed by atoms with Crippen LogP contribution in [0.15, 0.2) is 36.4 Å². The number of benzene rings is 2. The maximum Gasteiger partial charge on any atom is 0.115 e. The first kappa shape index (κ1) is 8.54. The molecule has 1 heteroatoms. The van der Waals surface area contributed by atoms with Gasteiger partial charge in [-0.25, -0.2) is 0 Å². The minimum Gasteiger partial charge on any atom is -0.508 e. The molecule has 0 bridgehead atoms. The normalized spacial score (nSPS) is 12.3. The second-order valence-corrected chi connectivity index (χ2v) is 4.18. The molecular formula is C14H12O. The van der Waals surface area contributed by atoms with E-state index in [2.05, 4.69) is 25.1 Å². The predicted octanol–water partition coefficient (Wildman–Crippen LogP) is 3.27. The van der Waals surface area contributed by atoms with Gasteiger partial charge in [-0.05, 0) is 47.7 Å². The monoisotopic (exact) mass is 196 g/mol. The van der Waals surface area contributed by atoms with Crippen LogP contribution >= 0.6 is 0 Å². The van der Waals surface area contributed by atoms with Crippen LogP contribution in [0, 0.1) is 6.92 Å². The molecular weight excluding hydrogens is 184 g/mol. The Kier molecular flexibility index (Phi) is 1.63. The number of fused-ring (bicyclic) bond motifs is 3. The Morgan fingerprint density at radius 3 is 2.67 bits per heavy atom. The molecule has 0 saturated carbocycles. The molecule has 0 aliphatic heterocycles. The van der Waals surface area contributed by atoms with E-state index in [1.807, 2.05) is 12.1 Å². The summed E-state index contributed by atoms with van der Waals surface area (Å²) < 4.78 is 0. The van der Waals surface area contributed by atoms with Crippen LogP contribution in [-0.4, -0.2) is 5.11 Å². The molecule has 1 nitrogen and oxygen atoms in total. The molecule has 0 unspecified atom stereocenters. The lowest BCUT2D eigenvalue weighted by atomic mass is 10.0. The number of phenols is 1. The van der Waals surface area contributed by atoms with Crippen molar-refractivity contribution in [2.75, 3.05) is 0 Å². The third-order valence-electron chi connectivity index (χ3n) is 3.03. The van der Waals surface area contributed by atoms with E-state index < -0.39 is 0 Å². The molecule has 0 saturated heterocycles. The summed E-state index contributed by atoms with van der Waals surface area (Å²) in [5, 5.41) is 9.43. The van der Waals surface area contributed by atoms with Crippen molar-refractivity contribution >= 4 is 0 Å². The topological polar surface area (TPSA) is 20.2 Å². The zero-order valence-corrected chi connectivity index (χ0v) is 8.62. The van der Waals surface area contributed by atoms with Crippen molar-refractivity contribution in [1.29, 1.82) is 0 Å². The molecule has 0 spiro atoms. The Morgan fingerprint density at radius 1 is 0.933 bits per heavy atom. The SMILES string of the molecule is Cc1ccc2c(c1)-c1ccc(O)cc1C2. The molecule has 0 aromatic heterocycles. The van der Waals surface area contributed by atoms with Crippen molar-refractivity contribution in [1.82, 2.24) is 0 Å². The fourth-order valence-electron chi connectivity index (χ4n) is 2.29. The predicted molar refractivity (Wildman–Crippen MR) is 61.1 cm³/mol. The first-order valence-corrected chi connectivity index (χ1v) is 5.16. The summed E-state index contributed by atoms with van der Waals surface area (Å²) in [5.41, 5.74) is 6.47. The van der Waals surface area contributed by atoms with E-state index in [9.17, 15) is 5.11 Å². The highest BCUT2D eigenvalue weighted by atomic mass is 16.3. The average Bonchev–Trinajstić information content (AvgIpc) is 2.54. The highest BCUT2D eigenvalue weighted by Crippen LogP contribution is 2.38. The number of aromatic hydroxyl groups is 1. The van der Waals surface area contributed by atoms with Crippen LogP contribution in [0.2, 0.25) is 0 Å². The summed E-state index contributed by atoms with van der Waals surface area (Å²) >= 11 is 0. The van der Waals surface area contributed by atoms with Gasteiger partial charge in [0.1, 0.15) is 5.75 Å². The maximum atomic E-state index is 9.43. The van der Waals surface area contributed by atoms with E-state index in [1.54, 1.807) is 6.07 Å². The van der Waals surface area contributed by atoms with Crippen molar-refractivity contribution < 1.29 is 5.11 Å². The molecule has 15 heavy (non-hydrogen) atoms. The van der Waals surface area contributed by atoms with Gasteiger partial charge in [0.2, 0.25) is 0 Å². The minimum absolute atomic E-state index is 0.360. The molecule has 74 valence electrons. The number of hydrogen-bond acceptors (Lipinski definition) is 1. The van der Waals surface area contributed by atoms with Crippen molar-refractivity contribution in [3.05, 3.63) is 53.1 Å². The first-order chi connectivity index (χ1) is 7.24. The first-order valence-electron chi connectivity index (χ1n) is 5.16. The van der Waals surface area contributed by atoms with Crippen LogP contribution in [0.1, 0.15) is 16.7 Å². The standard InChI is InChI=1S/C14H12O/c1-9-2-3-10-7-11-8-12(15)4-5-13(11)14(10)6-9/h2-6,8,15H,7H2,1H3. The number of hydrogen-bond donors (Lipinski definition) is 1. The second-order valence-electron chi connectivity index (χ2n) is 4.18. The minimum atomic E-state index is 0.360. The summed E-state index contributed by atoms with van der Waals surface area (Å²) in [6.07, 6.45) is 0.944. The van der Waals surface area contributed by atoms with E-state index in [-0.39, 0.29) is 0 Å². The third-order valence-corrected chi connectivity index (χ3v) is 3.03. The molecule has 2 aromatic carbocycles. The summed E-state index contributed by atoms with van der Waals surface area (Å²) in [6.45, 7) is 2.11. The molecule has 0 amide bonds. The number of rotatable bonds is 0. The van der Waals surface area contributed by atoms with E-state index >= 15 is 0 Å². The van der Waals surface area contributed by atoms with Gasteiger partial charge in [0.25, 0.3) is 0 Å². The van der Waals surface area contributed by atoms with E-state index in [0.29, 0.717) is 5.75 Å². The van der Waals surface area contributed by atoms with Crippen LogP contribution in [0.3, 0.4) is 0 Å². The fraction of sp³-hybridized carbons (Fsp3) is 0.143. The maximum absolute atomic E-state index is 9.43. The molecule has 2 aromatic rings. The summed E-state index contributed by atoms with van der Waals surface area (Å²) in [5.74, 6) is 0.360. The largest absolute Gasteiger partial charge is 0.508 e. The molecule has 0 atom stereocenters. The van der Waals surface area contributed by atoms with Gasteiger partial charge in [0.15, 0.2) is 0 Å². The lowest BCUT2D eigenvalue weighted by Crippen LogP contribution is -1.80. The lowest BCUT2D eigenvalue weighted by Gasteiger charge is -2.02. The molecule has 1 aliphatic rings. The van der Waals surface area contributed by atoms with E-state index in [0.717, 1.165) is 6.42 Å². The average molecular weight is 196 g/mol. The molecule has 1 N–H and O–H groups in total. The van der Waals surface area contributed by atoms with Crippen LogP contribution < -0.4 is 0 Å². The number of phenolic OH excluding ortho intramolecular Hbond substituents is 1. The lowest BCUT2D eigenvalue weighted by molar-refractivity contribution is 0.475. The van der Waals surface area contributed by atoms with Gasteiger partial charge in [-0.2, -0.15) is 0 Å². The Labute approximate surface area is 89.0 Å². The van der Waals surface area contributed by atoms with Gasteiger partial charge in [0.05, 0.1) is 0 Å². The summed E-state index contributed by atoms with van der Waals surface area (Å²) in [4.78, 5) is 0. The Morgan fingerprint density at radius 2 is 1.80 bits per heavy atom. The zero-order chi connectivity index (χ0) is 10.4. The molecule has 3 rings (SSSR count). The van der Waals surface area contributed by atoms with Crippen molar-refractivity contribution in [2.24, 2.45) is 0 Å². The Bertz CT molecular complexity index is 541. The van der Waals surface area contributed by atoms with Crippen molar-refractivity contribution in [2.45, 2.75) is 13.3 Å².